The number of H-pyrrole nitrogens is 1. The summed E-state index contributed by atoms with van der Waals surface area (Å²) >= 11 is 0. The molecule has 1 aromatic heterocycles. The van der Waals surface area contributed by atoms with Gasteiger partial charge in [0, 0.05) is 25.2 Å². The van der Waals surface area contributed by atoms with Crippen LogP contribution in [-0.2, 0) is 16.6 Å². The Kier molecular flexibility index (Phi) is 3.98. The van der Waals surface area contributed by atoms with Gasteiger partial charge in [-0.15, -0.1) is 0 Å². The molecule has 0 atom stereocenters. The van der Waals surface area contributed by atoms with Crippen LogP contribution in [0.1, 0.15) is 38.7 Å². The lowest BCUT2D eigenvalue weighted by Crippen LogP contribution is -2.33. The zero-order chi connectivity index (χ0) is 14.1. The number of hydrogen-bond donors (Lipinski definition) is 2. The molecule has 1 saturated heterocycles. The van der Waals surface area contributed by atoms with Crippen LogP contribution in [0.5, 0.6) is 0 Å². The van der Waals surface area contributed by atoms with Gasteiger partial charge in [-0.3, -0.25) is 5.10 Å². The van der Waals surface area contributed by atoms with Crippen molar-refractivity contribution in [3.8, 4) is 0 Å². The number of nitrogens with two attached hydrogens (primary N) is 1. The molecular formula is C12H22N4O2S. The average molecular weight is 286 g/mol. The fraction of sp³-hybridized carbons (Fsp3) is 0.750. The molecule has 0 amide bonds. The molecule has 0 aromatic carbocycles. The standard InChI is InChI=1S/C12H22N4O2S/c1-12(2)4-3-6-16(7-5-12)19(17,18)11-10(8-13)9-14-15-11/h9H,3-8,13H2,1-2H3,(H,14,15). The van der Waals surface area contributed by atoms with Crippen molar-refractivity contribution >= 4 is 10.0 Å². The van der Waals surface area contributed by atoms with Crippen molar-refractivity contribution in [2.45, 2.75) is 44.7 Å². The molecule has 1 aliphatic heterocycles. The van der Waals surface area contributed by atoms with Gasteiger partial charge in [-0.2, -0.15) is 9.40 Å². The van der Waals surface area contributed by atoms with Crippen molar-refractivity contribution in [2.75, 3.05) is 13.1 Å². The number of rotatable bonds is 3. The van der Waals surface area contributed by atoms with Crippen LogP contribution >= 0.6 is 0 Å². The van der Waals surface area contributed by atoms with E-state index in [0.717, 1.165) is 19.3 Å². The van der Waals surface area contributed by atoms with Crippen LogP contribution in [0, 0.1) is 5.41 Å². The van der Waals surface area contributed by atoms with Crippen LogP contribution in [0.25, 0.3) is 0 Å². The first-order chi connectivity index (χ1) is 8.87. The van der Waals surface area contributed by atoms with Crippen LogP contribution in [0.3, 0.4) is 0 Å². The van der Waals surface area contributed by atoms with E-state index in [2.05, 4.69) is 24.0 Å². The molecule has 0 saturated carbocycles. The highest BCUT2D eigenvalue weighted by molar-refractivity contribution is 7.89. The Morgan fingerprint density at radius 1 is 1.42 bits per heavy atom. The normalized spacial score (nSPS) is 21.2. The summed E-state index contributed by atoms with van der Waals surface area (Å²) in [6, 6.07) is 0. The second-order valence-corrected chi connectivity index (χ2v) is 7.73. The summed E-state index contributed by atoms with van der Waals surface area (Å²) < 4.78 is 26.7. The number of sulfonamides is 1. The number of aromatic nitrogens is 2. The van der Waals surface area contributed by atoms with Crippen LogP contribution in [-0.4, -0.2) is 36.0 Å². The van der Waals surface area contributed by atoms with Gasteiger partial charge >= 0.3 is 0 Å². The third-order valence-corrected chi connectivity index (χ3v) is 5.71. The van der Waals surface area contributed by atoms with E-state index in [0.29, 0.717) is 18.7 Å². The SMILES string of the molecule is CC1(C)CCCN(S(=O)(=O)c2[nH]ncc2CN)CC1. The molecule has 0 bridgehead atoms. The third kappa shape index (κ3) is 2.98. The number of hydrogen-bond acceptors (Lipinski definition) is 4. The fourth-order valence-corrected chi connectivity index (χ4v) is 4.03. The zero-order valence-corrected chi connectivity index (χ0v) is 12.3. The predicted molar refractivity (Wildman–Crippen MR) is 72.9 cm³/mol. The summed E-state index contributed by atoms with van der Waals surface area (Å²) in [4.78, 5) is 0. The molecule has 6 nitrogen and oxygen atoms in total. The second-order valence-electron chi connectivity index (χ2n) is 5.85. The van der Waals surface area contributed by atoms with E-state index < -0.39 is 10.0 Å². The molecule has 0 radical (unpaired) electrons. The maximum atomic E-state index is 12.6. The predicted octanol–water partition coefficient (Wildman–Crippen LogP) is 1.07. The van der Waals surface area contributed by atoms with E-state index >= 15 is 0 Å². The Hall–Kier alpha value is -0.920. The van der Waals surface area contributed by atoms with Gasteiger partial charge in [-0.05, 0) is 24.7 Å². The Morgan fingerprint density at radius 3 is 2.84 bits per heavy atom. The number of nitrogens with one attached hydrogen (secondary N) is 1. The van der Waals surface area contributed by atoms with Gasteiger partial charge in [0.2, 0.25) is 0 Å². The van der Waals surface area contributed by atoms with Crippen LogP contribution in [0.15, 0.2) is 11.2 Å². The van der Waals surface area contributed by atoms with Gasteiger partial charge < -0.3 is 5.73 Å². The molecule has 0 unspecified atom stereocenters. The van der Waals surface area contributed by atoms with Crippen LogP contribution < -0.4 is 5.73 Å². The van der Waals surface area contributed by atoms with Gasteiger partial charge in [-0.1, -0.05) is 13.8 Å². The van der Waals surface area contributed by atoms with Crippen molar-refractivity contribution in [3.63, 3.8) is 0 Å². The highest BCUT2D eigenvalue weighted by atomic mass is 32.2. The molecule has 19 heavy (non-hydrogen) atoms. The van der Waals surface area contributed by atoms with Gasteiger partial charge in [0.1, 0.15) is 0 Å². The molecule has 108 valence electrons. The maximum absolute atomic E-state index is 12.6. The van der Waals surface area contributed by atoms with E-state index in [1.54, 1.807) is 4.31 Å². The smallest absolute Gasteiger partial charge is 0.260 e. The molecule has 0 aliphatic carbocycles. The number of aromatic amines is 1. The topological polar surface area (TPSA) is 92.1 Å². The zero-order valence-electron chi connectivity index (χ0n) is 11.5. The number of nitrogens with zero attached hydrogens (tertiary/aromatic N) is 2. The molecule has 1 fully saturated rings. The minimum Gasteiger partial charge on any atom is -0.326 e. The van der Waals surface area contributed by atoms with Crippen LogP contribution in [0.2, 0.25) is 0 Å². The molecule has 2 rings (SSSR count). The molecule has 1 aliphatic rings. The minimum atomic E-state index is -3.50. The van der Waals surface area contributed by atoms with E-state index in [1.807, 2.05) is 0 Å². The molecule has 3 N–H and O–H groups in total. The molecule has 7 heteroatoms. The fourth-order valence-electron chi connectivity index (χ4n) is 2.44. The quantitative estimate of drug-likeness (QED) is 0.869. The molecular weight excluding hydrogens is 264 g/mol. The van der Waals surface area contributed by atoms with Crippen molar-refractivity contribution in [3.05, 3.63) is 11.8 Å². The lowest BCUT2D eigenvalue weighted by Gasteiger charge is -2.22. The Bertz CT molecular complexity index is 536. The van der Waals surface area contributed by atoms with Crippen molar-refractivity contribution < 1.29 is 8.42 Å². The van der Waals surface area contributed by atoms with Gasteiger partial charge in [-0.25, -0.2) is 8.42 Å². The van der Waals surface area contributed by atoms with Crippen molar-refractivity contribution in [2.24, 2.45) is 11.1 Å². The van der Waals surface area contributed by atoms with E-state index in [4.69, 9.17) is 5.73 Å². The average Bonchev–Trinajstić information content (AvgIpc) is 2.74. The highest BCUT2D eigenvalue weighted by Gasteiger charge is 2.32. The summed E-state index contributed by atoms with van der Waals surface area (Å²) in [5.41, 5.74) is 6.30. The Labute approximate surface area is 114 Å². The monoisotopic (exact) mass is 286 g/mol. The lowest BCUT2D eigenvalue weighted by molar-refractivity contribution is 0.314. The van der Waals surface area contributed by atoms with E-state index in [9.17, 15) is 8.42 Å². The van der Waals surface area contributed by atoms with Gasteiger partial charge in [0.05, 0.1) is 6.20 Å². The van der Waals surface area contributed by atoms with Crippen molar-refractivity contribution in [1.29, 1.82) is 0 Å². The lowest BCUT2D eigenvalue weighted by atomic mass is 9.85. The molecule has 2 heterocycles. The second kappa shape index (κ2) is 5.22. The molecule has 0 spiro atoms. The summed E-state index contributed by atoms with van der Waals surface area (Å²) in [5.74, 6) is 0. The Balaban J connectivity index is 2.25. The summed E-state index contributed by atoms with van der Waals surface area (Å²) in [5, 5.41) is 6.52. The maximum Gasteiger partial charge on any atom is 0.260 e. The van der Waals surface area contributed by atoms with Crippen LogP contribution in [0.4, 0.5) is 0 Å². The highest BCUT2D eigenvalue weighted by Crippen LogP contribution is 2.31. The molecule has 1 aromatic rings. The van der Waals surface area contributed by atoms with Crippen molar-refractivity contribution in [1.82, 2.24) is 14.5 Å². The van der Waals surface area contributed by atoms with Gasteiger partial charge in [0.15, 0.2) is 5.03 Å². The largest absolute Gasteiger partial charge is 0.326 e. The Morgan fingerprint density at radius 2 is 2.16 bits per heavy atom. The van der Waals surface area contributed by atoms with E-state index in [-0.39, 0.29) is 17.0 Å². The first kappa shape index (κ1) is 14.5. The first-order valence-electron chi connectivity index (χ1n) is 6.59. The third-order valence-electron chi connectivity index (χ3n) is 3.79. The van der Waals surface area contributed by atoms with E-state index in [1.165, 1.54) is 6.20 Å². The minimum absolute atomic E-state index is 0.148. The van der Waals surface area contributed by atoms with Gasteiger partial charge in [0.25, 0.3) is 10.0 Å². The first-order valence-corrected chi connectivity index (χ1v) is 8.03. The summed E-state index contributed by atoms with van der Waals surface area (Å²) in [6.45, 7) is 5.66. The summed E-state index contributed by atoms with van der Waals surface area (Å²) in [7, 11) is -3.50. The summed E-state index contributed by atoms with van der Waals surface area (Å²) in [6.07, 6.45) is 4.29.